The number of carbonyl (C=O) groups is 1. The van der Waals surface area contributed by atoms with Crippen LogP contribution in [0.4, 0.5) is 29.2 Å². The predicted octanol–water partition coefficient (Wildman–Crippen LogP) is 6.02. The molecule has 50 heavy (non-hydrogen) atoms. The zero-order valence-corrected chi connectivity index (χ0v) is 28.8. The summed E-state index contributed by atoms with van der Waals surface area (Å²) in [4.78, 5) is 27.0. The maximum atomic E-state index is 14.5. The number of rotatable bonds is 8. The molecule has 3 aromatic carbocycles. The van der Waals surface area contributed by atoms with Crippen LogP contribution in [0.2, 0.25) is 0 Å². The minimum atomic E-state index is -4.50. The van der Waals surface area contributed by atoms with E-state index >= 15 is 0 Å². The van der Waals surface area contributed by atoms with Crippen LogP contribution >= 0.6 is 0 Å². The Morgan fingerprint density at radius 2 is 1.52 bits per heavy atom. The van der Waals surface area contributed by atoms with Crippen LogP contribution in [-0.2, 0) is 27.5 Å². The van der Waals surface area contributed by atoms with E-state index < -0.39 is 33.7 Å². The number of para-hydroxylation sites is 1. The minimum absolute atomic E-state index is 0.0653. The van der Waals surface area contributed by atoms with E-state index in [0.717, 1.165) is 17.7 Å². The third-order valence-corrected chi connectivity index (χ3v) is 11.4. The lowest BCUT2D eigenvalue weighted by Gasteiger charge is -2.36. The number of hydrogen-bond acceptors (Lipinski definition) is 7. The summed E-state index contributed by atoms with van der Waals surface area (Å²) in [5, 5.41) is 2.85. The predicted molar refractivity (Wildman–Crippen MR) is 183 cm³/mol. The molecular formula is C36H38F4N6O3S. The monoisotopic (exact) mass is 710 g/mol. The van der Waals surface area contributed by atoms with Crippen molar-refractivity contribution >= 4 is 27.6 Å². The molecule has 14 heteroatoms. The summed E-state index contributed by atoms with van der Waals surface area (Å²) in [5.41, 5.74) is 3.06. The van der Waals surface area contributed by atoms with Gasteiger partial charge in [0.2, 0.25) is 21.9 Å². The molecule has 2 saturated heterocycles. The number of carbonyl (C=O) groups excluding carboxylic acids is 1. The molecule has 0 unspecified atom stereocenters. The third kappa shape index (κ3) is 7.31. The number of nitrogens with zero attached hydrogens (tertiary/aromatic N) is 5. The fraction of sp³-hybridized carbons (Fsp3) is 0.361. The summed E-state index contributed by atoms with van der Waals surface area (Å²) in [6, 6.07) is 15.5. The van der Waals surface area contributed by atoms with Crippen molar-refractivity contribution in [2.45, 2.75) is 57.3 Å². The van der Waals surface area contributed by atoms with Crippen molar-refractivity contribution in [2.75, 3.05) is 42.5 Å². The molecule has 1 amide bonds. The van der Waals surface area contributed by atoms with Crippen LogP contribution in [0.5, 0.6) is 0 Å². The number of aryl methyl sites for hydroxylation is 3. The molecule has 2 fully saturated rings. The number of piperazine rings is 1. The molecule has 3 heterocycles. The molecule has 0 aliphatic carbocycles. The molecule has 0 bridgehead atoms. The first-order valence-corrected chi connectivity index (χ1v) is 17.8. The first kappa shape index (κ1) is 35.3. The molecule has 6 rings (SSSR count). The van der Waals surface area contributed by atoms with Crippen molar-refractivity contribution in [3.05, 3.63) is 100 Å². The fourth-order valence-corrected chi connectivity index (χ4v) is 8.90. The molecule has 9 nitrogen and oxygen atoms in total. The summed E-state index contributed by atoms with van der Waals surface area (Å²) >= 11 is 0. The van der Waals surface area contributed by atoms with Gasteiger partial charge in [-0.3, -0.25) is 4.79 Å². The van der Waals surface area contributed by atoms with Crippen LogP contribution in [0.1, 0.15) is 40.8 Å². The van der Waals surface area contributed by atoms with Crippen molar-refractivity contribution in [3.63, 3.8) is 0 Å². The van der Waals surface area contributed by atoms with Crippen molar-refractivity contribution in [1.29, 1.82) is 0 Å². The van der Waals surface area contributed by atoms with E-state index in [9.17, 15) is 30.8 Å². The first-order chi connectivity index (χ1) is 23.7. The molecule has 4 aromatic rings. The van der Waals surface area contributed by atoms with Crippen LogP contribution < -0.4 is 15.1 Å². The van der Waals surface area contributed by atoms with Gasteiger partial charge in [0.15, 0.2) is 0 Å². The lowest BCUT2D eigenvalue weighted by Crippen LogP contribution is -2.47. The van der Waals surface area contributed by atoms with E-state index in [-0.39, 0.29) is 23.8 Å². The highest BCUT2D eigenvalue weighted by molar-refractivity contribution is 7.89. The van der Waals surface area contributed by atoms with E-state index in [4.69, 9.17) is 4.98 Å². The highest BCUT2D eigenvalue weighted by Gasteiger charge is 2.40. The number of alkyl halides is 3. The normalized spacial score (nSPS) is 17.3. The van der Waals surface area contributed by atoms with Gasteiger partial charge < -0.3 is 15.1 Å². The van der Waals surface area contributed by atoms with Gasteiger partial charge in [0.1, 0.15) is 11.9 Å². The summed E-state index contributed by atoms with van der Waals surface area (Å²) in [6.45, 7) is 7.39. The average molecular weight is 711 g/mol. The van der Waals surface area contributed by atoms with E-state index in [1.165, 1.54) is 22.5 Å². The van der Waals surface area contributed by atoms with Gasteiger partial charge in [0, 0.05) is 38.3 Å². The molecule has 2 aliphatic rings. The van der Waals surface area contributed by atoms with E-state index in [1.54, 1.807) is 38.1 Å². The number of halogens is 4. The Labute approximate surface area is 289 Å². The van der Waals surface area contributed by atoms with Gasteiger partial charge >= 0.3 is 6.18 Å². The standard InChI is InChI=1S/C36H38F4N6O3S/c1-23-19-24(2)33(25(3)20-23)50(48,49)46-14-6-9-32(46)34(47)41-22-28-21-30(26-10-12-27(13-11-26)36(38,39)40)43-35(42-28)45-17-15-44(16-18-45)31-8-5-4-7-29(31)37/h4-5,7-8,10-13,19-21,32H,6,9,14-18,22H2,1-3H3,(H,41,47)/t32-/m0/s1. The molecule has 1 atom stereocenters. The smallest absolute Gasteiger partial charge is 0.366 e. The van der Waals surface area contributed by atoms with Gasteiger partial charge in [-0.1, -0.05) is 42.0 Å². The second kappa shape index (κ2) is 14.0. The molecule has 0 spiro atoms. The van der Waals surface area contributed by atoms with E-state index in [0.29, 0.717) is 78.7 Å². The third-order valence-electron chi connectivity index (χ3n) is 9.15. The van der Waals surface area contributed by atoms with Crippen LogP contribution in [0.15, 0.2) is 71.6 Å². The molecular weight excluding hydrogens is 672 g/mol. The quantitative estimate of drug-likeness (QED) is 0.223. The number of aromatic nitrogens is 2. The Morgan fingerprint density at radius 3 is 2.16 bits per heavy atom. The van der Waals surface area contributed by atoms with Crippen LogP contribution in [0.3, 0.4) is 0 Å². The number of hydrogen-bond donors (Lipinski definition) is 1. The fourth-order valence-electron chi connectivity index (χ4n) is 6.83. The molecule has 0 saturated carbocycles. The van der Waals surface area contributed by atoms with Gasteiger partial charge in [-0.25, -0.2) is 22.8 Å². The maximum Gasteiger partial charge on any atom is 0.416 e. The van der Waals surface area contributed by atoms with Crippen molar-refractivity contribution < 1.29 is 30.8 Å². The largest absolute Gasteiger partial charge is 0.416 e. The number of amides is 1. The second-order valence-corrected chi connectivity index (χ2v) is 14.6. The summed E-state index contributed by atoms with van der Waals surface area (Å²) < 4.78 is 83.3. The van der Waals surface area contributed by atoms with Gasteiger partial charge in [-0.05, 0) is 75.1 Å². The van der Waals surface area contributed by atoms with Gasteiger partial charge in [-0.2, -0.15) is 17.5 Å². The molecule has 0 radical (unpaired) electrons. The Hall–Kier alpha value is -4.56. The molecule has 2 aliphatic heterocycles. The Kier molecular flexibility index (Phi) is 9.86. The highest BCUT2D eigenvalue weighted by Crippen LogP contribution is 2.33. The number of anilines is 2. The topological polar surface area (TPSA) is 98.7 Å². The van der Waals surface area contributed by atoms with Gasteiger partial charge in [0.05, 0.1) is 34.1 Å². The summed E-state index contributed by atoms with van der Waals surface area (Å²) in [6.07, 6.45) is -3.62. The van der Waals surface area contributed by atoms with Crippen molar-refractivity contribution in [3.8, 4) is 11.3 Å². The van der Waals surface area contributed by atoms with Crippen LogP contribution in [-0.4, -0.2) is 67.4 Å². The SMILES string of the molecule is Cc1cc(C)c(S(=O)(=O)N2CCC[C@H]2C(=O)NCc2cc(-c3ccc(C(F)(F)F)cc3)nc(N3CCN(c4ccccc4F)CC3)n2)c(C)c1. The lowest BCUT2D eigenvalue weighted by atomic mass is 10.1. The maximum absolute atomic E-state index is 14.5. The second-order valence-electron chi connectivity index (χ2n) is 12.8. The Bertz CT molecular complexity index is 1970. The van der Waals surface area contributed by atoms with Crippen molar-refractivity contribution in [2.24, 2.45) is 0 Å². The zero-order valence-electron chi connectivity index (χ0n) is 28.0. The highest BCUT2D eigenvalue weighted by atomic mass is 32.2. The number of nitrogens with one attached hydrogen (secondary N) is 1. The van der Waals surface area contributed by atoms with E-state index in [2.05, 4.69) is 10.3 Å². The van der Waals surface area contributed by atoms with Gasteiger partial charge in [-0.15, -0.1) is 0 Å². The average Bonchev–Trinajstić information content (AvgIpc) is 3.58. The van der Waals surface area contributed by atoms with Crippen molar-refractivity contribution in [1.82, 2.24) is 19.6 Å². The zero-order chi connectivity index (χ0) is 35.8. The lowest BCUT2D eigenvalue weighted by molar-refractivity contribution is -0.137. The first-order valence-electron chi connectivity index (χ1n) is 16.4. The summed E-state index contributed by atoms with van der Waals surface area (Å²) in [5.74, 6) is -0.476. The van der Waals surface area contributed by atoms with Gasteiger partial charge in [0.25, 0.3) is 0 Å². The molecule has 1 aromatic heterocycles. The van der Waals surface area contributed by atoms with Crippen LogP contribution in [0.25, 0.3) is 11.3 Å². The Morgan fingerprint density at radius 1 is 0.880 bits per heavy atom. The number of benzene rings is 3. The molecule has 1 N–H and O–H groups in total. The van der Waals surface area contributed by atoms with Crippen LogP contribution in [0, 0.1) is 26.6 Å². The summed E-state index contributed by atoms with van der Waals surface area (Å²) in [7, 11) is -3.97. The number of sulfonamides is 1. The molecule has 264 valence electrons. The van der Waals surface area contributed by atoms with E-state index in [1.807, 2.05) is 28.9 Å². The Balaban J connectivity index is 1.24. The minimum Gasteiger partial charge on any atom is -0.366 e.